The summed E-state index contributed by atoms with van der Waals surface area (Å²) in [4.78, 5) is 29.8. The van der Waals surface area contributed by atoms with E-state index in [0.29, 0.717) is 22.1 Å². The fourth-order valence-corrected chi connectivity index (χ4v) is 4.13. The van der Waals surface area contributed by atoms with Crippen LogP contribution in [0.5, 0.6) is 5.88 Å². The molecule has 0 saturated carbocycles. The number of aromatic nitrogens is 5. The summed E-state index contributed by atoms with van der Waals surface area (Å²) in [6.45, 7) is -0.718. The molecule has 38 heavy (non-hydrogen) atoms. The van der Waals surface area contributed by atoms with Gasteiger partial charge in [0, 0.05) is 43.1 Å². The van der Waals surface area contributed by atoms with E-state index >= 15 is 0 Å². The van der Waals surface area contributed by atoms with Gasteiger partial charge in [0.25, 0.3) is 11.8 Å². The van der Waals surface area contributed by atoms with Crippen LogP contribution >= 0.6 is 0 Å². The summed E-state index contributed by atoms with van der Waals surface area (Å²) < 4.78 is 39.1. The summed E-state index contributed by atoms with van der Waals surface area (Å²) in [5.74, 6) is -3.29. The molecule has 0 atom stereocenters. The van der Waals surface area contributed by atoms with Gasteiger partial charge >= 0.3 is 0 Å². The molecule has 1 fully saturated rings. The second-order valence-corrected chi connectivity index (χ2v) is 8.77. The molecule has 1 saturated heterocycles. The van der Waals surface area contributed by atoms with Gasteiger partial charge < -0.3 is 20.1 Å². The highest BCUT2D eigenvalue weighted by atomic mass is 19.3. The largest absolute Gasteiger partial charge is 0.470 e. The van der Waals surface area contributed by atoms with E-state index in [1.807, 2.05) is 24.3 Å². The van der Waals surface area contributed by atoms with Gasteiger partial charge in [0.15, 0.2) is 11.4 Å². The average Bonchev–Trinajstić information content (AvgIpc) is 3.50. The highest BCUT2D eigenvalue weighted by molar-refractivity contribution is 5.98. The predicted octanol–water partition coefficient (Wildman–Crippen LogP) is 2.25. The number of methoxy groups -OCH3 is 1. The Morgan fingerprint density at radius 2 is 1.95 bits per heavy atom. The van der Waals surface area contributed by atoms with Gasteiger partial charge in [-0.2, -0.15) is 4.52 Å². The molecule has 0 radical (unpaired) electrons. The molecule has 2 N–H and O–H groups in total. The molecule has 4 heterocycles. The van der Waals surface area contributed by atoms with Crippen molar-refractivity contribution in [2.75, 3.05) is 26.8 Å². The zero-order chi connectivity index (χ0) is 26.9. The molecule has 13 heteroatoms. The van der Waals surface area contributed by atoms with Gasteiger partial charge in [-0.25, -0.2) is 8.78 Å². The number of ketones is 1. The summed E-state index contributed by atoms with van der Waals surface area (Å²) in [5, 5.41) is 14.2. The molecular formula is C25H23F2N7O4. The lowest BCUT2D eigenvalue weighted by Crippen LogP contribution is -2.31. The minimum Gasteiger partial charge on any atom is -0.470 e. The van der Waals surface area contributed by atoms with Crippen LogP contribution < -0.4 is 10.5 Å². The van der Waals surface area contributed by atoms with Crippen molar-refractivity contribution in [3.8, 4) is 5.88 Å². The molecule has 196 valence electrons. The van der Waals surface area contributed by atoms with Gasteiger partial charge in [-0.15, -0.1) is 15.3 Å². The van der Waals surface area contributed by atoms with E-state index in [-0.39, 0.29) is 54.9 Å². The van der Waals surface area contributed by atoms with Crippen LogP contribution in [0.4, 0.5) is 8.78 Å². The second-order valence-electron chi connectivity index (χ2n) is 8.77. The smallest absolute Gasteiger partial charge is 0.267 e. The van der Waals surface area contributed by atoms with E-state index < -0.39 is 18.4 Å². The minimum atomic E-state index is -2.86. The zero-order valence-corrected chi connectivity index (χ0v) is 20.3. The van der Waals surface area contributed by atoms with Crippen LogP contribution in [-0.2, 0) is 16.1 Å². The minimum absolute atomic E-state index is 0.00323. The van der Waals surface area contributed by atoms with Gasteiger partial charge in [-0.05, 0) is 18.2 Å². The van der Waals surface area contributed by atoms with Crippen molar-refractivity contribution >= 4 is 33.8 Å². The van der Waals surface area contributed by atoms with Crippen LogP contribution in [-0.4, -0.2) is 74.1 Å². The number of carbonyl (C=O) groups excluding carboxylic acids is 2. The lowest BCUT2D eigenvalue weighted by molar-refractivity contribution is -0.117. The quantitative estimate of drug-likeness (QED) is 0.345. The van der Waals surface area contributed by atoms with Crippen molar-refractivity contribution in [2.45, 2.75) is 19.0 Å². The lowest BCUT2D eigenvalue weighted by Gasteiger charge is -2.16. The van der Waals surface area contributed by atoms with Crippen molar-refractivity contribution in [2.24, 2.45) is 5.73 Å². The van der Waals surface area contributed by atoms with Crippen molar-refractivity contribution < 1.29 is 27.8 Å². The molecule has 0 spiro atoms. The Balaban J connectivity index is 1.39. The maximum Gasteiger partial charge on any atom is 0.267 e. The first-order valence-electron chi connectivity index (χ1n) is 11.6. The molecule has 0 unspecified atom stereocenters. The average molecular weight is 524 g/mol. The number of rotatable bonds is 8. The molecule has 5 rings (SSSR count). The van der Waals surface area contributed by atoms with E-state index in [1.54, 1.807) is 6.07 Å². The summed E-state index contributed by atoms with van der Waals surface area (Å²) >= 11 is 0. The van der Waals surface area contributed by atoms with Crippen LogP contribution in [0, 0.1) is 0 Å². The monoisotopic (exact) mass is 523 g/mol. The van der Waals surface area contributed by atoms with Crippen LogP contribution in [0.3, 0.4) is 0 Å². The zero-order valence-electron chi connectivity index (χ0n) is 20.3. The third-order valence-electron chi connectivity index (χ3n) is 5.98. The number of likely N-dealkylation sites (tertiary alicyclic amines) is 1. The number of hydrogen-bond acceptors (Lipinski definition) is 9. The molecule has 1 aliphatic rings. The van der Waals surface area contributed by atoms with Gasteiger partial charge in [-0.3, -0.25) is 14.6 Å². The fraction of sp³-hybridized carbons (Fsp3) is 0.280. The first-order chi connectivity index (χ1) is 18.3. The topological polar surface area (TPSA) is 138 Å². The number of nitrogens with zero attached hydrogens (tertiary/aromatic N) is 6. The van der Waals surface area contributed by atoms with Crippen molar-refractivity contribution in [1.29, 1.82) is 0 Å². The Labute approximate surface area is 214 Å². The Kier molecular flexibility index (Phi) is 6.68. The van der Waals surface area contributed by atoms with Crippen LogP contribution in [0.15, 0.2) is 48.7 Å². The molecule has 1 amide bonds. The second kappa shape index (κ2) is 10.1. The number of nitrogens with two attached hydrogens (primary N) is 1. The third-order valence-corrected chi connectivity index (χ3v) is 5.98. The number of hydrogen-bond donors (Lipinski definition) is 1. The molecular weight excluding hydrogens is 500 g/mol. The van der Waals surface area contributed by atoms with Crippen molar-refractivity contribution in [3.05, 3.63) is 65.8 Å². The van der Waals surface area contributed by atoms with E-state index in [0.717, 1.165) is 4.90 Å². The van der Waals surface area contributed by atoms with E-state index in [4.69, 9.17) is 15.2 Å². The SMILES string of the molecule is COCC(=O)C=C(N)c1nnc2c3ccccc3c(OCc3ccc(C(=O)N4CCC(F)(F)C4)cn3)nn12. The summed E-state index contributed by atoms with van der Waals surface area (Å²) in [6.07, 6.45) is 2.20. The van der Waals surface area contributed by atoms with Crippen molar-refractivity contribution in [1.82, 2.24) is 29.7 Å². The fourth-order valence-electron chi connectivity index (χ4n) is 4.13. The maximum absolute atomic E-state index is 13.5. The van der Waals surface area contributed by atoms with E-state index in [1.165, 1.54) is 30.0 Å². The molecule has 1 aromatic carbocycles. The predicted molar refractivity (Wildman–Crippen MR) is 131 cm³/mol. The Morgan fingerprint density at radius 1 is 1.16 bits per heavy atom. The van der Waals surface area contributed by atoms with Gasteiger partial charge in [-0.1, -0.05) is 18.2 Å². The highest BCUT2D eigenvalue weighted by Crippen LogP contribution is 2.29. The van der Waals surface area contributed by atoms with Crippen LogP contribution in [0.1, 0.15) is 28.3 Å². The van der Waals surface area contributed by atoms with Crippen molar-refractivity contribution in [3.63, 3.8) is 0 Å². The van der Waals surface area contributed by atoms with Gasteiger partial charge in [0.2, 0.25) is 11.7 Å². The lowest BCUT2D eigenvalue weighted by atomic mass is 10.2. The van der Waals surface area contributed by atoms with Gasteiger partial charge in [0.05, 0.1) is 23.5 Å². The summed E-state index contributed by atoms with van der Waals surface area (Å²) in [7, 11) is 1.40. The number of alkyl halides is 2. The van der Waals surface area contributed by atoms with E-state index in [9.17, 15) is 18.4 Å². The molecule has 4 aromatic rings. The van der Waals surface area contributed by atoms with Crippen LogP contribution in [0.2, 0.25) is 0 Å². The van der Waals surface area contributed by atoms with Gasteiger partial charge in [0.1, 0.15) is 13.2 Å². The normalized spacial score (nSPS) is 15.3. The molecule has 3 aromatic heterocycles. The molecule has 0 aliphatic carbocycles. The first kappa shape index (κ1) is 25.1. The van der Waals surface area contributed by atoms with Crippen LogP contribution in [0.25, 0.3) is 22.1 Å². The van der Waals surface area contributed by atoms with E-state index in [2.05, 4.69) is 20.3 Å². The number of carbonyl (C=O) groups is 2. The summed E-state index contributed by atoms with van der Waals surface area (Å²) in [5.41, 5.74) is 7.29. The number of fused-ring (bicyclic) bond motifs is 3. The number of pyridine rings is 1. The Morgan fingerprint density at radius 3 is 2.63 bits per heavy atom. The standard InChI is InChI=1S/C25H23F2N7O4/c1-37-13-17(35)10-20(28)22-31-30-21-18-4-2-3-5-19(18)23(32-34(21)22)38-12-16-7-6-15(11-29-16)24(36)33-9-8-25(26,27)14-33/h2-7,10-11H,8-9,12-14,28H2,1H3. The number of ether oxygens (including phenoxy) is 2. The first-order valence-corrected chi connectivity index (χ1v) is 11.6. The molecule has 0 bridgehead atoms. The molecule has 1 aliphatic heterocycles. The molecule has 11 nitrogen and oxygen atoms in total. The number of amides is 1. The Bertz CT molecular complexity index is 1550. The number of benzene rings is 1. The Hall–Kier alpha value is -4.52. The number of halogens is 2. The highest BCUT2D eigenvalue weighted by Gasteiger charge is 2.40. The third kappa shape index (κ3) is 5.00. The summed E-state index contributed by atoms with van der Waals surface area (Å²) in [6, 6.07) is 10.4. The maximum atomic E-state index is 13.5.